The van der Waals surface area contributed by atoms with Crippen molar-refractivity contribution < 1.29 is 19.4 Å². The quantitative estimate of drug-likeness (QED) is 0.363. The summed E-state index contributed by atoms with van der Waals surface area (Å²) >= 11 is 0. The maximum Gasteiger partial charge on any atom is 0.338 e. The summed E-state index contributed by atoms with van der Waals surface area (Å²) in [5.41, 5.74) is 6.19. The standard InChI is InChI=1S/C32H43NO4/c1-9-33(10-2)17-18-37-30(36)24-13-11-23(12-14-24)28(29(34)35)22(4)25-20-27-26(19-21(25)3)31(5,6)15-16-32(27,7)8/h11-14,19-20,28H,4,9-10,15-18H2,1-3,5-8H3,(H,34,35). The molecule has 0 saturated heterocycles. The number of carbonyl (C=O) groups is 2. The third-order valence-electron chi connectivity index (χ3n) is 8.15. The van der Waals surface area contributed by atoms with Crippen molar-refractivity contribution in [1.82, 2.24) is 4.90 Å². The summed E-state index contributed by atoms with van der Waals surface area (Å²) in [5.74, 6) is -2.28. The molecule has 0 amide bonds. The van der Waals surface area contributed by atoms with Gasteiger partial charge in [-0.3, -0.25) is 4.79 Å². The number of aryl methyl sites for hydroxylation is 1. The van der Waals surface area contributed by atoms with Crippen LogP contribution in [0.5, 0.6) is 0 Å². The van der Waals surface area contributed by atoms with Crippen molar-refractivity contribution in [2.45, 2.75) is 78.1 Å². The van der Waals surface area contributed by atoms with Gasteiger partial charge in [0, 0.05) is 6.54 Å². The van der Waals surface area contributed by atoms with Crippen molar-refractivity contribution in [2.24, 2.45) is 0 Å². The van der Waals surface area contributed by atoms with Gasteiger partial charge in [0.25, 0.3) is 0 Å². The fraction of sp³-hybridized carbons (Fsp3) is 0.500. The number of carboxylic acids is 1. The minimum Gasteiger partial charge on any atom is -0.481 e. The number of aliphatic carboxylic acids is 1. The first-order valence-electron chi connectivity index (χ1n) is 13.4. The summed E-state index contributed by atoms with van der Waals surface area (Å²) in [6.07, 6.45) is 2.20. The molecule has 1 aliphatic rings. The molecule has 2 aromatic rings. The van der Waals surface area contributed by atoms with E-state index in [9.17, 15) is 14.7 Å². The first-order valence-corrected chi connectivity index (χ1v) is 13.4. The molecule has 0 aromatic heterocycles. The van der Waals surface area contributed by atoms with Crippen LogP contribution in [0, 0.1) is 6.92 Å². The first-order chi connectivity index (χ1) is 17.3. The minimum absolute atomic E-state index is 0.0135. The summed E-state index contributed by atoms with van der Waals surface area (Å²) in [6, 6.07) is 11.1. The highest BCUT2D eigenvalue weighted by molar-refractivity contribution is 5.94. The van der Waals surface area contributed by atoms with E-state index in [2.05, 4.69) is 65.2 Å². The highest BCUT2D eigenvalue weighted by Gasteiger charge is 2.38. The number of nitrogens with zero attached hydrogens (tertiary/aromatic N) is 1. The van der Waals surface area contributed by atoms with Crippen LogP contribution in [0.15, 0.2) is 43.0 Å². The van der Waals surface area contributed by atoms with Gasteiger partial charge in [0.05, 0.1) is 5.56 Å². The van der Waals surface area contributed by atoms with Gasteiger partial charge < -0.3 is 14.7 Å². The molecule has 0 aliphatic heterocycles. The van der Waals surface area contributed by atoms with E-state index in [1.165, 1.54) is 11.1 Å². The monoisotopic (exact) mass is 505 g/mol. The normalized spacial score (nSPS) is 16.6. The van der Waals surface area contributed by atoms with Crippen LogP contribution in [0.2, 0.25) is 0 Å². The van der Waals surface area contributed by atoms with Gasteiger partial charge in [-0.25, -0.2) is 4.79 Å². The molecule has 37 heavy (non-hydrogen) atoms. The van der Waals surface area contributed by atoms with Crippen LogP contribution >= 0.6 is 0 Å². The van der Waals surface area contributed by atoms with Gasteiger partial charge in [0.2, 0.25) is 0 Å². The van der Waals surface area contributed by atoms with Crippen molar-refractivity contribution in [2.75, 3.05) is 26.2 Å². The van der Waals surface area contributed by atoms with Crippen LogP contribution in [0.1, 0.15) is 98.5 Å². The molecule has 0 spiro atoms. The Bertz CT molecular complexity index is 1160. The number of fused-ring (bicyclic) bond motifs is 1. The lowest BCUT2D eigenvalue weighted by molar-refractivity contribution is -0.137. The Kier molecular flexibility index (Phi) is 8.69. The average molecular weight is 506 g/mol. The van der Waals surface area contributed by atoms with E-state index >= 15 is 0 Å². The molecule has 0 bridgehead atoms. The minimum atomic E-state index is -0.962. The molecule has 0 saturated carbocycles. The summed E-state index contributed by atoms with van der Waals surface area (Å²) in [4.78, 5) is 27.1. The van der Waals surface area contributed by atoms with Crippen molar-refractivity contribution in [3.8, 4) is 0 Å². The van der Waals surface area contributed by atoms with Crippen molar-refractivity contribution in [1.29, 1.82) is 0 Å². The van der Waals surface area contributed by atoms with E-state index in [0.717, 1.165) is 37.1 Å². The highest BCUT2D eigenvalue weighted by Crippen LogP contribution is 2.47. The number of benzene rings is 2. The number of rotatable bonds is 10. The van der Waals surface area contributed by atoms with Crippen molar-refractivity contribution >= 4 is 17.5 Å². The molecule has 0 radical (unpaired) electrons. The Morgan fingerprint density at radius 3 is 2.05 bits per heavy atom. The third kappa shape index (κ3) is 6.15. The molecule has 200 valence electrons. The number of esters is 1. The Hall–Kier alpha value is -2.92. The van der Waals surface area contributed by atoms with Crippen LogP contribution < -0.4 is 0 Å². The van der Waals surface area contributed by atoms with E-state index in [-0.39, 0.29) is 10.8 Å². The Labute approximate surface area is 222 Å². The zero-order chi connectivity index (χ0) is 27.5. The van der Waals surface area contributed by atoms with Crippen LogP contribution in [0.3, 0.4) is 0 Å². The average Bonchev–Trinajstić information content (AvgIpc) is 2.84. The topological polar surface area (TPSA) is 66.8 Å². The molecule has 0 heterocycles. The maximum atomic E-state index is 12.5. The molecular formula is C32H43NO4. The van der Waals surface area contributed by atoms with E-state index in [0.29, 0.717) is 29.9 Å². The van der Waals surface area contributed by atoms with Gasteiger partial charge in [-0.05, 0) is 89.2 Å². The van der Waals surface area contributed by atoms with E-state index < -0.39 is 17.9 Å². The Morgan fingerprint density at radius 2 is 1.54 bits per heavy atom. The molecule has 5 nitrogen and oxygen atoms in total. The molecule has 1 aliphatic carbocycles. The summed E-state index contributed by atoms with van der Waals surface area (Å²) < 4.78 is 5.42. The molecule has 1 atom stereocenters. The second kappa shape index (κ2) is 11.2. The first kappa shape index (κ1) is 28.6. The van der Waals surface area contributed by atoms with Gasteiger partial charge in [0.1, 0.15) is 12.5 Å². The Balaban J connectivity index is 1.86. The van der Waals surface area contributed by atoms with Crippen LogP contribution in [-0.4, -0.2) is 48.2 Å². The molecule has 3 rings (SSSR count). The number of carboxylic acid groups (broad SMARTS) is 1. The van der Waals surface area contributed by atoms with Gasteiger partial charge >= 0.3 is 11.9 Å². The van der Waals surface area contributed by atoms with Crippen LogP contribution in [-0.2, 0) is 20.4 Å². The number of carbonyl (C=O) groups excluding carboxylic acids is 1. The Morgan fingerprint density at radius 1 is 1.00 bits per heavy atom. The predicted molar refractivity (Wildman–Crippen MR) is 150 cm³/mol. The smallest absolute Gasteiger partial charge is 0.338 e. The summed E-state index contributed by atoms with van der Waals surface area (Å²) in [7, 11) is 0. The van der Waals surface area contributed by atoms with Crippen molar-refractivity contribution in [3.05, 3.63) is 76.4 Å². The number of likely N-dealkylation sites (N-methyl/N-ethyl adjacent to an activating group) is 1. The van der Waals surface area contributed by atoms with E-state index in [4.69, 9.17) is 4.74 Å². The van der Waals surface area contributed by atoms with Gasteiger partial charge in [-0.15, -0.1) is 0 Å². The van der Waals surface area contributed by atoms with Crippen molar-refractivity contribution in [3.63, 3.8) is 0 Å². The zero-order valence-corrected chi connectivity index (χ0v) is 23.6. The number of hydrogen-bond acceptors (Lipinski definition) is 4. The van der Waals surface area contributed by atoms with Gasteiger partial charge in [0.15, 0.2) is 0 Å². The lowest BCUT2D eigenvalue weighted by atomic mass is 9.62. The lowest BCUT2D eigenvalue weighted by Crippen LogP contribution is -2.34. The maximum absolute atomic E-state index is 12.5. The van der Waals surface area contributed by atoms with E-state index in [1.54, 1.807) is 24.3 Å². The number of ether oxygens (including phenoxy) is 1. The van der Waals surface area contributed by atoms with E-state index in [1.807, 2.05) is 6.92 Å². The fourth-order valence-electron chi connectivity index (χ4n) is 5.42. The van der Waals surface area contributed by atoms with Crippen LogP contribution in [0.25, 0.3) is 5.57 Å². The highest BCUT2D eigenvalue weighted by atomic mass is 16.5. The molecule has 2 aromatic carbocycles. The number of hydrogen-bond donors (Lipinski definition) is 1. The summed E-state index contributed by atoms with van der Waals surface area (Å²) in [5, 5.41) is 10.2. The summed E-state index contributed by atoms with van der Waals surface area (Å²) in [6.45, 7) is 22.4. The lowest BCUT2D eigenvalue weighted by Gasteiger charge is -2.42. The second-order valence-corrected chi connectivity index (χ2v) is 11.6. The third-order valence-corrected chi connectivity index (χ3v) is 8.15. The molecule has 1 unspecified atom stereocenters. The second-order valence-electron chi connectivity index (χ2n) is 11.6. The SMILES string of the molecule is C=C(c1cc2c(cc1C)C(C)(C)CCC2(C)C)C(C(=O)O)c1ccc(C(=O)OCCN(CC)CC)cc1. The largest absolute Gasteiger partial charge is 0.481 e. The molecule has 1 N–H and O–H groups in total. The van der Waals surface area contributed by atoms with Gasteiger partial charge in [-0.2, -0.15) is 0 Å². The van der Waals surface area contributed by atoms with Gasteiger partial charge in [-0.1, -0.05) is 72.4 Å². The van der Waals surface area contributed by atoms with Crippen LogP contribution in [0.4, 0.5) is 0 Å². The molecule has 0 fully saturated rings. The zero-order valence-electron chi connectivity index (χ0n) is 23.6. The fourth-order valence-corrected chi connectivity index (χ4v) is 5.42. The molecular weight excluding hydrogens is 462 g/mol. The predicted octanol–water partition coefficient (Wildman–Crippen LogP) is 6.72. The molecule has 5 heteroatoms.